The number of piperidine rings is 1. The number of likely N-dealkylation sites (tertiary alicyclic amines) is 1. The Bertz CT molecular complexity index is 770. The van der Waals surface area contributed by atoms with Crippen LogP contribution in [-0.4, -0.2) is 55.2 Å². The lowest BCUT2D eigenvalue weighted by Gasteiger charge is -2.33. The molecule has 0 unspecified atom stereocenters. The van der Waals surface area contributed by atoms with Crippen molar-refractivity contribution in [3.63, 3.8) is 0 Å². The van der Waals surface area contributed by atoms with Crippen molar-refractivity contribution >= 4 is 5.91 Å². The molecule has 7 nitrogen and oxygen atoms in total. The molecule has 1 atom stereocenters. The molecule has 0 radical (unpaired) electrons. The summed E-state index contributed by atoms with van der Waals surface area (Å²) in [5.41, 5.74) is 7.24. The number of nitrogens with zero attached hydrogens (tertiary/aromatic N) is 2. The lowest BCUT2D eigenvalue weighted by atomic mass is 10.0. The zero-order valence-electron chi connectivity index (χ0n) is 16.3. The minimum absolute atomic E-state index is 0.103. The summed E-state index contributed by atoms with van der Waals surface area (Å²) in [6.07, 6.45) is 5.70. The van der Waals surface area contributed by atoms with E-state index in [1.807, 2.05) is 12.3 Å². The normalized spacial score (nSPS) is 17.1. The Hall–Kier alpha value is -2.64. The number of ether oxygens (including phenoxy) is 2. The maximum atomic E-state index is 12.7. The Balaban J connectivity index is 1.60. The third-order valence-electron chi connectivity index (χ3n) is 4.77. The van der Waals surface area contributed by atoms with Gasteiger partial charge in [-0.2, -0.15) is 0 Å². The summed E-state index contributed by atoms with van der Waals surface area (Å²) in [6, 6.07) is 9.35. The first-order valence-corrected chi connectivity index (χ1v) is 9.62. The summed E-state index contributed by atoms with van der Waals surface area (Å²) in [5, 5.41) is 3.15. The van der Waals surface area contributed by atoms with E-state index in [4.69, 9.17) is 15.2 Å². The molecule has 1 aliphatic heterocycles. The van der Waals surface area contributed by atoms with Crippen LogP contribution in [0.1, 0.15) is 28.8 Å². The first-order chi connectivity index (χ1) is 13.7. The molecular weight excluding hydrogens is 356 g/mol. The van der Waals surface area contributed by atoms with E-state index in [1.54, 1.807) is 31.5 Å². The van der Waals surface area contributed by atoms with Crippen LogP contribution in [0.3, 0.4) is 0 Å². The third-order valence-corrected chi connectivity index (χ3v) is 4.77. The Kier molecular flexibility index (Phi) is 7.22. The molecule has 1 saturated heterocycles. The number of nitrogens with one attached hydrogen (secondary N) is 1. The predicted molar refractivity (Wildman–Crippen MR) is 108 cm³/mol. The zero-order chi connectivity index (χ0) is 19.8. The number of hydrogen-bond acceptors (Lipinski definition) is 6. The molecule has 0 bridgehead atoms. The van der Waals surface area contributed by atoms with Gasteiger partial charge in [-0.05, 0) is 49.2 Å². The standard InChI is InChI=1S/C21H28N4O3/c1-27-19-7-6-17(12-20(19)28-11-8-22)21(26)24-18-5-3-10-25(15-18)14-16-4-2-9-23-13-16/h2,4,6-7,9,12-13,18H,3,5,8,10-11,14-15,22H2,1H3,(H,24,26)/t18-/m1/s1. The van der Waals surface area contributed by atoms with Gasteiger partial charge < -0.3 is 20.5 Å². The molecule has 28 heavy (non-hydrogen) atoms. The van der Waals surface area contributed by atoms with Gasteiger partial charge in [0.15, 0.2) is 11.5 Å². The fraction of sp³-hybridized carbons (Fsp3) is 0.429. The SMILES string of the molecule is COc1ccc(C(=O)N[C@@H]2CCCN(Cc3cccnc3)C2)cc1OCCN. The van der Waals surface area contributed by atoms with Gasteiger partial charge in [-0.1, -0.05) is 6.07 Å². The van der Waals surface area contributed by atoms with Crippen molar-refractivity contribution in [2.45, 2.75) is 25.4 Å². The van der Waals surface area contributed by atoms with Gasteiger partial charge in [0, 0.05) is 43.6 Å². The van der Waals surface area contributed by atoms with E-state index < -0.39 is 0 Å². The number of carbonyl (C=O) groups is 1. The highest BCUT2D eigenvalue weighted by atomic mass is 16.5. The van der Waals surface area contributed by atoms with E-state index in [0.29, 0.717) is 30.2 Å². The van der Waals surface area contributed by atoms with E-state index in [0.717, 1.165) is 32.5 Å². The van der Waals surface area contributed by atoms with E-state index in [9.17, 15) is 4.79 Å². The van der Waals surface area contributed by atoms with Gasteiger partial charge in [0.25, 0.3) is 5.91 Å². The monoisotopic (exact) mass is 384 g/mol. The first-order valence-electron chi connectivity index (χ1n) is 9.62. The molecule has 7 heteroatoms. The van der Waals surface area contributed by atoms with Crippen LogP contribution in [0.25, 0.3) is 0 Å². The first kappa shape index (κ1) is 20.1. The number of pyridine rings is 1. The van der Waals surface area contributed by atoms with Crippen LogP contribution < -0.4 is 20.5 Å². The topological polar surface area (TPSA) is 89.7 Å². The number of carbonyl (C=O) groups excluding carboxylic acids is 1. The molecule has 3 rings (SSSR count). The molecule has 0 saturated carbocycles. The van der Waals surface area contributed by atoms with Gasteiger partial charge in [-0.3, -0.25) is 14.7 Å². The molecule has 150 valence electrons. The Morgan fingerprint density at radius 3 is 3.00 bits per heavy atom. The summed E-state index contributed by atoms with van der Waals surface area (Å²) in [6.45, 7) is 3.47. The number of methoxy groups -OCH3 is 1. The van der Waals surface area contributed by atoms with Crippen molar-refractivity contribution < 1.29 is 14.3 Å². The van der Waals surface area contributed by atoms with Crippen molar-refractivity contribution in [2.75, 3.05) is 33.4 Å². The van der Waals surface area contributed by atoms with Crippen LogP contribution in [0.5, 0.6) is 11.5 Å². The fourth-order valence-corrected chi connectivity index (χ4v) is 3.44. The average molecular weight is 384 g/mol. The average Bonchev–Trinajstić information content (AvgIpc) is 2.73. The van der Waals surface area contributed by atoms with Crippen LogP contribution in [0.15, 0.2) is 42.7 Å². The second-order valence-corrected chi connectivity index (χ2v) is 6.91. The fourth-order valence-electron chi connectivity index (χ4n) is 3.44. The maximum Gasteiger partial charge on any atom is 0.251 e. The van der Waals surface area contributed by atoms with E-state index >= 15 is 0 Å². The van der Waals surface area contributed by atoms with Gasteiger partial charge >= 0.3 is 0 Å². The van der Waals surface area contributed by atoms with Gasteiger partial charge in [0.05, 0.1) is 7.11 Å². The molecule has 2 aromatic rings. The van der Waals surface area contributed by atoms with Gasteiger partial charge in [0.1, 0.15) is 6.61 Å². The molecular formula is C21H28N4O3. The van der Waals surface area contributed by atoms with E-state index in [-0.39, 0.29) is 11.9 Å². The molecule has 1 fully saturated rings. The Morgan fingerprint density at radius 1 is 1.36 bits per heavy atom. The summed E-state index contributed by atoms with van der Waals surface area (Å²) in [5.74, 6) is 1.02. The molecule has 1 amide bonds. The summed E-state index contributed by atoms with van der Waals surface area (Å²) < 4.78 is 10.9. The number of amides is 1. The molecule has 2 heterocycles. The van der Waals surface area contributed by atoms with Crippen LogP contribution in [0, 0.1) is 0 Å². The molecule has 1 aromatic carbocycles. The van der Waals surface area contributed by atoms with Crippen molar-refractivity contribution in [2.24, 2.45) is 5.73 Å². The summed E-state index contributed by atoms with van der Waals surface area (Å²) >= 11 is 0. The minimum Gasteiger partial charge on any atom is -0.493 e. The van der Waals surface area contributed by atoms with Gasteiger partial charge in [0.2, 0.25) is 0 Å². The third kappa shape index (κ3) is 5.43. The Labute approximate surface area is 165 Å². The lowest BCUT2D eigenvalue weighted by molar-refractivity contribution is 0.0900. The Morgan fingerprint density at radius 2 is 2.25 bits per heavy atom. The molecule has 1 aliphatic rings. The second-order valence-electron chi connectivity index (χ2n) is 6.91. The largest absolute Gasteiger partial charge is 0.493 e. The quantitative estimate of drug-likeness (QED) is 0.722. The summed E-state index contributed by atoms with van der Waals surface area (Å²) in [7, 11) is 1.57. The number of aromatic nitrogens is 1. The van der Waals surface area contributed by atoms with Crippen molar-refractivity contribution in [3.8, 4) is 11.5 Å². The smallest absolute Gasteiger partial charge is 0.251 e. The van der Waals surface area contributed by atoms with Gasteiger partial charge in [-0.25, -0.2) is 0 Å². The summed E-state index contributed by atoms with van der Waals surface area (Å²) in [4.78, 5) is 19.3. The number of rotatable bonds is 8. The van der Waals surface area contributed by atoms with Crippen LogP contribution in [0.2, 0.25) is 0 Å². The minimum atomic E-state index is -0.103. The van der Waals surface area contributed by atoms with Crippen molar-refractivity contribution in [1.82, 2.24) is 15.2 Å². The zero-order valence-corrected chi connectivity index (χ0v) is 16.3. The van der Waals surface area contributed by atoms with E-state index in [2.05, 4.69) is 21.3 Å². The predicted octanol–water partition coefficient (Wildman–Crippen LogP) is 1.82. The van der Waals surface area contributed by atoms with Crippen LogP contribution in [-0.2, 0) is 6.54 Å². The van der Waals surface area contributed by atoms with Crippen molar-refractivity contribution in [3.05, 3.63) is 53.9 Å². The van der Waals surface area contributed by atoms with Crippen molar-refractivity contribution in [1.29, 1.82) is 0 Å². The maximum absolute atomic E-state index is 12.7. The lowest BCUT2D eigenvalue weighted by Crippen LogP contribution is -2.47. The van der Waals surface area contributed by atoms with Crippen LogP contribution >= 0.6 is 0 Å². The second kappa shape index (κ2) is 10.1. The highest BCUT2D eigenvalue weighted by Gasteiger charge is 2.22. The molecule has 0 spiro atoms. The van der Waals surface area contributed by atoms with Gasteiger partial charge in [-0.15, -0.1) is 0 Å². The van der Waals surface area contributed by atoms with Crippen LogP contribution in [0.4, 0.5) is 0 Å². The number of hydrogen-bond donors (Lipinski definition) is 2. The number of nitrogens with two attached hydrogens (primary N) is 1. The molecule has 3 N–H and O–H groups in total. The molecule has 0 aliphatic carbocycles. The highest BCUT2D eigenvalue weighted by Crippen LogP contribution is 2.28. The van der Waals surface area contributed by atoms with E-state index in [1.165, 1.54) is 5.56 Å². The number of benzene rings is 1. The molecule has 1 aromatic heterocycles. The highest BCUT2D eigenvalue weighted by molar-refractivity contribution is 5.95.